The van der Waals surface area contributed by atoms with Crippen LogP contribution in [-0.2, 0) is 19.6 Å². The maximum atomic E-state index is 11.0. The van der Waals surface area contributed by atoms with Gasteiger partial charge in [-0.1, -0.05) is 0 Å². The molecule has 0 fully saturated rings. The Morgan fingerprint density at radius 2 is 1.87 bits per heavy atom. The van der Waals surface area contributed by atoms with E-state index in [0.717, 1.165) is 0 Å². The van der Waals surface area contributed by atoms with Crippen LogP contribution in [0.25, 0.3) is 0 Å². The molecule has 0 spiro atoms. The molecule has 0 aliphatic carbocycles. The molecule has 3 N–H and O–H groups in total. The molecule has 0 aliphatic heterocycles. The third-order valence-corrected chi connectivity index (χ3v) is 2.43. The molecule has 0 rings (SSSR count). The van der Waals surface area contributed by atoms with Gasteiger partial charge in [0.25, 0.3) is 0 Å². The van der Waals surface area contributed by atoms with E-state index in [4.69, 9.17) is 5.11 Å². The molecule has 0 aromatic carbocycles. The number of nitrogens with one attached hydrogen (secondary N) is 2. The van der Waals surface area contributed by atoms with Gasteiger partial charge < -0.3 is 10.4 Å². The lowest BCUT2D eigenvalue weighted by molar-refractivity contribution is -0.134. The first-order valence-corrected chi connectivity index (χ1v) is 5.86. The van der Waals surface area contributed by atoms with Gasteiger partial charge in [0.15, 0.2) is 5.75 Å². The molecule has 0 radical (unpaired) electrons. The summed E-state index contributed by atoms with van der Waals surface area (Å²) in [5.41, 5.74) is 0. The van der Waals surface area contributed by atoms with Crippen molar-refractivity contribution in [3.05, 3.63) is 0 Å². The van der Waals surface area contributed by atoms with Gasteiger partial charge in [0, 0.05) is 6.04 Å². The lowest BCUT2D eigenvalue weighted by atomic mass is 10.4. The summed E-state index contributed by atoms with van der Waals surface area (Å²) in [6, 6.07) is -0.0959. The predicted molar refractivity (Wildman–Crippen MR) is 52.7 cm³/mol. The van der Waals surface area contributed by atoms with E-state index < -0.39 is 34.2 Å². The zero-order valence-corrected chi connectivity index (χ0v) is 9.30. The number of carbonyl (C=O) groups is 2. The minimum absolute atomic E-state index is 0.0959. The summed E-state index contributed by atoms with van der Waals surface area (Å²) in [6.45, 7) is 3.00. The third kappa shape index (κ3) is 7.89. The summed E-state index contributed by atoms with van der Waals surface area (Å²) in [4.78, 5) is 21.1. The molecule has 0 saturated carbocycles. The number of hydrogen-bond donors (Lipinski definition) is 3. The molecule has 0 aliphatic rings. The molecule has 1 amide bonds. The molecule has 0 aromatic rings. The highest BCUT2D eigenvalue weighted by molar-refractivity contribution is 7.90. The summed E-state index contributed by atoms with van der Waals surface area (Å²) in [7, 11) is -3.92. The average Bonchev–Trinajstić information content (AvgIpc) is 1.97. The first kappa shape index (κ1) is 13.8. The molecule has 0 saturated heterocycles. The van der Waals surface area contributed by atoms with Gasteiger partial charge >= 0.3 is 5.97 Å². The van der Waals surface area contributed by atoms with Crippen molar-refractivity contribution >= 4 is 21.9 Å². The molecule has 8 heteroatoms. The van der Waals surface area contributed by atoms with E-state index in [1.54, 1.807) is 13.8 Å². The molecule has 0 heterocycles. The minimum atomic E-state index is -3.92. The van der Waals surface area contributed by atoms with Crippen molar-refractivity contribution in [1.29, 1.82) is 0 Å². The second-order valence-electron chi connectivity index (χ2n) is 3.20. The van der Waals surface area contributed by atoms with Crippen molar-refractivity contribution in [2.45, 2.75) is 19.9 Å². The summed E-state index contributed by atoms with van der Waals surface area (Å²) in [5, 5.41) is 10.7. The number of amides is 1. The topological polar surface area (TPSA) is 113 Å². The first-order valence-electron chi connectivity index (χ1n) is 4.21. The zero-order chi connectivity index (χ0) is 12.1. The maximum absolute atomic E-state index is 11.0. The zero-order valence-electron chi connectivity index (χ0n) is 8.48. The Labute approximate surface area is 87.9 Å². The van der Waals surface area contributed by atoms with Crippen LogP contribution in [0.4, 0.5) is 0 Å². The van der Waals surface area contributed by atoms with Crippen LogP contribution in [0.2, 0.25) is 0 Å². The van der Waals surface area contributed by atoms with Gasteiger partial charge in [0.05, 0.1) is 6.54 Å². The normalized spacial score (nSPS) is 11.4. The number of aliphatic carboxylic acids is 1. The van der Waals surface area contributed by atoms with Gasteiger partial charge in [0.2, 0.25) is 15.9 Å². The number of rotatable bonds is 6. The molecule has 0 aromatic heterocycles. The van der Waals surface area contributed by atoms with Gasteiger partial charge in [-0.05, 0) is 13.8 Å². The molecule has 0 bridgehead atoms. The van der Waals surface area contributed by atoms with E-state index >= 15 is 0 Å². The molecular weight excluding hydrogens is 224 g/mol. The number of carboxylic acid groups (broad SMARTS) is 1. The van der Waals surface area contributed by atoms with Crippen LogP contribution in [0.5, 0.6) is 0 Å². The van der Waals surface area contributed by atoms with E-state index in [-0.39, 0.29) is 6.04 Å². The Hall–Kier alpha value is -1.15. The number of carboxylic acids is 1. The van der Waals surface area contributed by atoms with Gasteiger partial charge in [0.1, 0.15) is 0 Å². The fraction of sp³-hybridized carbons (Fsp3) is 0.714. The van der Waals surface area contributed by atoms with Crippen LogP contribution in [0.15, 0.2) is 0 Å². The highest BCUT2D eigenvalue weighted by atomic mass is 32.2. The van der Waals surface area contributed by atoms with Crippen LogP contribution in [0.1, 0.15) is 13.8 Å². The number of sulfonamides is 1. The Balaban J connectivity index is 4.05. The van der Waals surface area contributed by atoms with Crippen molar-refractivity contribution in [3.8, 4) is 0 Å². The second kappa shape index (κ2) is 5.66. The van der Waals surface area contributed by atoms with E-state index in [1.165, 1.54) is 0 Å². The third-order valence-electron chi connectivity index (χ3n) is 1.22. The van der Waals surface area contributed by atoms with Crippen molar-refractivity contribution in [2.75, 3.05) is 12.3 Å². The van der Waals surface area contributed by atoms with E-state index in [1.807, 2.05) is 4.72 Å². The van der Waals surface area contributed by atoms with E-state index in [2.05, 4.69) is 5.32 Å². The number of carbonyl (C=O) groups excluding carboxylic acids is 1. The molecule has 7 nitrogen and oxygen atoms in total. The quantitative estimate of drug-likeness (QED) is 0.522. The molecule has 15 heavy (non-hydrogen) atoms. The van der Waals surface area contributed by atoms with Crippen LogP contribution in [-0.4, -0.2) is 43.7 Å². The van der Waals surface area contributed by atoms with Crippen LogP contribution in [0.3, 0.4) is 0 Å². The van der Waals surface area contributed by atoms with Crippen LogP contribution < -0.4 is 10.0 Å². The van der Waals surface area contributed by atoms with Gasteiger partial charge in [-0.3, -0.25) is 9.59 Å². The van der Waals surface area contributed by atoms with Gasteiger partial charge in [-0.2, -0.15) is 0 Å². The second-order valence-corrected chi connectivity index (χ2v) is 5.00. The largest absolute Gasteiger partial charge is 0.480 e. The Morgan fingerprint density at radius 1 is 1.33 bits per heavy atom. The average molecular weight is 238 g/mol. The monoisotopic (exact) mass is 238 g/mol. The summed E-state index contributed by atoms with van der Waals surface area (Å²) >= 11 is 0. The van der Waals surface area contributed by atoms with Crippen LogP contribution in [0, 0.1) is 0 Å². The first-order chi connectivity index (χ1) is 6.73. The van der Waals surface area contributed by atoms with Crippen molar-refractivity contribution in [2.24, 2.45) is 0 Å². The van der Waals surface area contributed by atoms with Crippen molar-refractivity contribution in [3.63, 3.8) is 0 Å². The van der Waals surface area contributed by atoms with Gasteiger partial charge in [-0.25, -0.2) is 13.1 Å². The summed E-state index contributed by atoms with van der Waals surface area (Å²) in [6.07, 6.45) is 0. The summed E-state index contributed by atoms with van der Waals surface area (Å²) in [5.74, 6) is -3.01. The van der Waals surface area contributed by atoms with Crippen molar-refractivity contribution in [1.82, 2.24) is 10.0 Å². The van der Waals surface area contributed by atoms with Gasteiger partial charge in [-0.15, -0.1) is 0 Å². The highest BCUT2D eigenvalue weighted by Crippen LogP contribution is 1.84. The Morgan fingerprint density at radius 3 is 2.27 bits per heavy atom. The van der Waals surface area contributed by atoms with Crippen molar-refractivity contribution < 1.29 is 23.1 Å². The Bertz CT molecular complexity index is 335. The Kier molecular flexibility index (Phi) is 5.23. The fourth-order valence-electron chi connectivity index (χ4n) is 0.762. The smallest absolute Gasteiger partial charge is 0.320 e. The predicted octanol–water partition coefficient (Wildman–Crippen LogP) is -1.48. The molecule has 0 atom stereocenters. The fourth-order valence-corrected chi connectivity index (χ4v) is 1.54. The lowest BCUT2D eigenvalue weighted by Gasteiger charge is -2.08. The number of hydrogen-bond acceptors (Lipinski definition) is 4. The minimum Gasteiger partial charge on any atom is -0.480 e. The molecular formula is C7H14N2O5S. The standard InChI is InChI=1S/C7H14N2O5S/c1-5(2)9-6(10)3-8-15(13,14)4-7(11)12/h5,8H,3-4H2,1-2H3,(H,9,10)(H,11,12). The highest BCUT2D eigenvalue weighted by Gasteiger charge is 2.16. The molecule has 88 valence electrons. The van der Waals surface area contributed by atoms with Crippen LogP contribution >= 0.6 is 0 Å². The van der Waals surface area contributed by atoms with E-state index in [9.17, 15) is 18.0 Å². The van der Waals surface area contributed by atoms with E-state index in [0.29, 0.717) is 0 Å². The maximum Gasteiger partial charge on any atom is 0.320 e. The summed E-state index contributed by atoms with van der Waals surface area (Å²) < 4.78 is 23.8. The molecule has 0 unspecified atom stereocenters. The SMILES string of the molecule is CC(C)NC(=O)CNS(=O)(=O)CC(=O)O. The lowest BCUT2D eigenvalue weighted by Crippen LogP contribution is -2.41.